The molecule has 0 aliphatic rings. The Morgan fingerprint density at radius 3 is 2.52 bits per heavy atom. The molecule has 0 unspecified atom stereocenters. The number of hydrogen-bond acceptors (Lipinski definition) is 5. The van der Waals surface area contributed by atoms with E-state index in [0.717, 1.165) is 35.7 Å². The molecule has 0 saturated heterocycles. The van der Waals surface area contributed by atoms with Gasteiger partial charge in [0.05, 0.1) is 11.1 Å². The van der Waals surface area contributed by atoms with Crippen LogP contribution in [0.25, 0.3) is 10.9 Å². The molecule has 33 heavy (non-hydrogen) atoms. The van der Waals surface area contributed by atoms with Gasteiger partial charge in [0.1, 0.15) is 11.4 Å². The van der Waals surface area contributed by atoms with Crippen molar-refractivity contribution in [1.29, 1.82) is 5.41 Å². The largest absolute Gasteiger partial charge is 0.439 e. The van der Waals surface area contributed by atoms with Crippen molar-refractivity contribution in [1.82, 2.24) is 19.8 Å². The molecule has 0 aliphatic heterocycles. The maximum atomic E-state index is 13.8. The number of fused-ring (bicyclic) bond motifs is 1. The summed E-state index contributed by atoms with van der Waals surface area (Å²) in [6, 6.07) is 6.84. The second-order valence-corrected chi connectivity index (χ2v) is 7.43. The number of benzene rings is 1. The van der Waals surface area contributed by atoms with Crippen molar-refractivity contribution in [2.45, 2.75) is 26.6 Å². The van der Waals surface area contributed by atoms with Gasteiger partial charge in [-0.15, -0.1) is 0 Å². The van der Waals surface area contributed by atoms with Crippen LogP contribution in [0.4, 0.5) is 13.2 Å². The van der Waals surface area contributed by atoms with Crippen LogP contribution in [0.3, 0.4) is 0 Å². The van der Waals surface area contributed by atoms with Gasteiger partial charge in [-0.1, -0.05) is 13.8 Å². The van der Waals surface area contributed by atoms with Crippen molar-refractivity contribution in [3.63, 3.8) is 0 Å². The van der Waals surface area contributed by atoms with Gasteiger partial charge in [-0.3, -0.25) is 20.0 Å². The van der Waals surface area contributed by atoms with Gasteiger partial charge in [-0.2, -0.15) is 13.2 Å². The maximum Gasteiger partial charge on any atom is 0.417 e. The van der Waals surface area contributed by atoms with E-state index in [-0.39, 0.29) is 28.2 Å². The Morgan fingerprint density at radius 2 is 1.91 bits per heavy atom. The Labute approximate surface area is 188 Å². The molecule has 0 spiro atoms. The van der Waals surface area contributed by atoms with Crippen molar-refractivity contribution in [3.8, 4) is 11.6 Å². The number of hydrogen-bond donors (Lipinski definition) is 3. The highest BCUT2D eigenvalue weighted by Crippen LogP contribution is 2.39. The number of alkyl halides is 3. The molecule has 0 aliphatic carbocycles. The number of pyridine rings is 1. The van der Waals surface area contributed by atoms with Crippen LogP contribution < -0.4 is 10.5 Å². The van der Waals surface area contributed by atoms with E-state index < -0.39 is 23.6 Å². The zero-order chi connectivity index (χ0) is 24.3. The van der Waals surface area contributed by atoms with E-state index in [1.807, 2.05) is 19.9 Å². The fraction of sp³-hybridized carbons (Fsp3) is 0.318. The van der Waals surface area contributed by atoms with Crippen LogP contribution in [0.1, 0.15) is 35.5 Å². The maximum absolute atomic E-state index is 13.8. The monoisotopic (exact) mass is 462 g/mol. The Balaban J connectivity index is 1.99. The van der Waals surface area contributed by atoms with E-state index >= 15 is 0 Å². The van der Waals surface area contributed by atoms with Gasteiger partial charge in [0, 0.05) is 37.3 Å². The van der Waals surface area contributed by atoms with E-state index in [1.54, 1.807) is 12.3 Å². The molecule has 1 amide bonds. The lowest BCUT2D eigenvalue weighted by Crippen LogP contribution is -2.38. The van der Waals surface area contributed by atoms with Crippen LogP contribution in [-0.4, -0.2) is 51.8 Å². The minimum atomic E-state index is -4.69. The molecule has 0 radical (unpaired) electrons. The first-order valence-corrected chi connectivity index (χ1v) is 10.2. The number of halogens is 3. The number of ether oxygens (including phenoxy) is 1. The lowest BCUT2D eigenvalue weighted by molar-refractivity contribution is -0.136. The number of carbonyl (C=O) groups excluding carboxylic acids is 1. The molecule has 2 aromatic heterocycles. The molecule has 3 aromatic rings. The molecule has 8 nitrogen and oxygen atoms in total. The van der Waals surface area contributed by atoms with Crippen molar-refractivity contribution in [3.05, 3.63) is 53.3 Å². The number of aromatic amines is 1. The van der Waals surface area contributed by atoms with Gasteiger partial charge in [0.25, 0.3) is 5.91 Å². The zero-order valence-corrected chi connectivity index (χ0v) is 18.5. The Hall–Kier alpha value is -3.60. The number of H-pyrrole nitrogens is 1. The van der Waals surface area contributed by atoms with E-state index in [4.69, 9.17) is 15.9 Å². The van der Waals surface area contributed by atoms with Crippen LogP contribution in [0, 0.1) is 5.41 Å². The third kappa shape index (κ3) is 5.43. The second-order valence-electron chi connectivity index (χ2n) is 7.43. The first kappa shape index (κ1) is 24.1. The van der Waals surface area contributed by atoms with Crippen molar-refractivity contribution in [2.75, 3.05) is 20.1 Å². The number of aromatic nitrogens is 2. The molecule has 4 N–H and O–H groups in total. The Kier molecular flexibility index (Phi) is 6.92. The number of nitrogens with one attached hydrogen (secondary N) is 2. The lowest BCUT2D eigenvalue weighted by Gasteiger charge is -2.18. The predicted octanol–water partition coefficient (Wildman–Crippen LogP) is 4.18. The quantitative estimate of drug-likeness (QED) is 0.360. The lowest BCUT2D eigenvalue weighted by atomic mass is 10.1. The number of rotatable bonds is 7. The summed E-state index contributed by atoms with van der Waals surface area (Å²) in [5.74, 6) is -1.19. The van der Waals surface area contributed by atoms with Crippen LogP contribution in [0.5, 0.6) is 11.6 Å². The van der Waals surface area contributed by atoms with Crippen LogP contribution >= 0.6 is 0 Å². The highest BCUT2D eigenvalue weighted by atomic mass is 19.4. The van der Waals surface area contributed by atoms with Gasteiger partial charge in [-0.05, 0) is 36.9 Å². The molecule has 3 rings (SSSR count). The molecule has 0 bridgehead atoms. The third-order valence-corrected chi connectivity index (χ3v) is 5.24. The molecule has 176 valence electrons. The minimum Gasteiger partial charge on any atom is -0.439 e. The van der Waals surface area contributed by atoms with Gasteiger partial charge < -0.3 is 15.5 Å². The average Bonchev–Trinajstić information content (AvgIpc) is 3.19. The summed E-state index contributed by atoms with van der Waals surface area (Å²) < 4.78 is 47.0. The summed E-state index contributed by atoms with van der Waals surface area (Å²) in [6.07, 6.45) is -3.15. The van der Waals surface area contributed by atoms with Crippen molar-refractivity contribution < 1.29 is 22.7 Å². The first-order chi connectivity index (χ1) is 15.5. The van der Waals surface area contributed by atoms with E-state index in [2.05, 4.69) is 14.9 Å². The summed E-state index contributed by atoms with van der Waals surface area (Å²) >= 11 is 0. The molecule has 0 saturated carbocycles. The van der Waals surface area contributed by atoms with Gasteiger partial charge in [-0.25, -0.2) is 4.98 Å². The minimum absolute atomic E-state index is 0.0550. The van der Waals surface area contributed by atoms with Crippen LogP contribution in [0.2, 0.25) is 0 Å². The molecular formula is C22H25F3N6O2. The summed E-state index contributed by atoms with van der Waals surface area (Å²) in [7, 11) is 1.26. The number of amides is 1. The van der Waals surface area contributed by atoms with Crippen LogP contribution in [0.15, 0.2) is 36.5 Å². The fourth-order valence-electron chi connectivity index (χ4n) is 3.34. The molecule has 2 heterocycles. The topological polar surface area (TPSA) is 111 Å². The molecule has 11 heteroatoms. The summed E-state index contributed by atoms with van der Waals surface area (Å²) in [5.41, 5.74) is 5.18. The molecule has 1 aromatic carbocycles. The zero-order valence-electron chi connectivity index (χ0n) is 18.5. The first-order valence-electron chi connectivity index (χ1n) is 10.2. The average molecular weight is 462 g/mol. The molecule has 0 fully saturated rings. The number of carbonyl (C=O) groups is 1. The van der Waals surface area contributed by atoms with Gasteiger partial charge in [0.2, 0.25) is 5.88 Å². The van der Waals surface area contributed by atoms with Crippen molar-refractivity contribution in [2.24, 2.45) is 5.73 Å². The third-order valence-electron chi connectivity index (χ3n) is 5.24. The normalized spacial score (nSPS) is 11.7. The highest BCUT2D eigenvalue weighted by Gasteiger charge is 2.34. The summed E-state index contributed by atoms with van der Waals surface area (Å²) in [4.78, 5) is 22.2. The number of guanidine groups is 1. The molecular weight excluding hydrogens is 437 g/mol. The fourth-order valence-corrected chi connectivity index (χ4v) is 3.34. The Morgan fingerprint density at radius 1 is 1.21 bits per heavy atom. The highest BCUT2D eigenvalue weighted by molar-refractivity contribution is 6.06. The number of nitrogens with two attached hydrogens (primary N) is 1. The summed E-state index contributed by atoms with van der Waals surface area (Å²) in [5, 5.41) is 7.16. The van der Waals surface area contributed by atoms with Crippen molar-refractivity contribution >= 4 is 22.8 Å². The Bertz CT molecular complexity index is 1170. The molecule has 0 atom stereocenters. The standard InChI is InChI=1S/C22H25F3N6O2/c1-4-31(5-2)12-13-6-7-28-19(8-13)33-14-9-16(22(23,24)25)15-11-18(29-17(15)10-14)20(32)30(3)21(26)27/h6-11,29H,4-5,12H2,1-3H3,(H3,26,27). The predicted molar refractivity (Wildman–Crippen MR) is 118 cm³/mol. The van der Waals surface area contributed by atoms with E-state index in [0.29, 0.717) is 6.54 Å². The smallest absolute Gasteiger partial charge is 0.417 e. The van der Waals surface area contributed by atoms with Crippen LogP contribution in [-0.2, 0) is 12.7 Å². The number of nitrogens with zero attached hydrogens (tertiary/aromatic N) is 3. The van der Waals surface area contributed by atoms with Gasteiger partial charge in [0.15, 0.2) is 5.96 Å². The van der Waals surface area contributed by atoms with Gasteiger partial charge >= 0.3 is 6.18 Å². The van der Waals surface area contributed by atoms with E-state index in [1.165, 1.54) is 13.1 Å². The van der Waals surface area contributed by atoms with E-state index in [9.17, 15) is 18.0 Å². The SMILES string of the molecule is CCN(CC)Cc1ccnc(Oc2cc(C(F)(F)F)c3cc(C(=O)N(C)C(=N)N)[nH]c3c2)c1. The second kappa shape index (κ2) is 9.49. The summed E-state index contributed by atoms with van der Waals surface area (Å²) in [6.45, 7) is 6.45.